The van der Waals surface area contributed by atoms with Crippen molar-refractivity contribution in [3.63, 3.8) is 0 Å². The molecule has 5 heteroatoms. The molecule has 0 radical (unpaired) electrons. The molecule has 0 aromatic carbocycles. The van der Waals surface area contributed by atoms with Gasteiger partial charge in [0.1, 0.15) is 0 Å². The SMILES string of the molecule is CCc1nn(C)cc1C(=O)NC1(CN)CCCCC1C. The van der Waals surface area contributed by atoms with E-state index >= 15 is 0 Å². The average molecular weight is 278 g/mol. The summed E-state index contributed by atoms with van der Waals surface area (Å²) >= 11 is 0. The summed E-state index contributed by atoms with van der Waals surface area (Å²) in [5.74, 6) is 0.390. The number of aromatic nitrogens is 2. The standard InChI is InChI=1S/C15H26N4O/c1-4-13-12(9-19(3)18-13)14(20)17-15(10-16)8-6-5-7-11(15)2/h9,11H,4-8,10,16H2,1-3H3,(H,17,20). The van der Waals surface area contributed by atoms with Crippen LogP contribution < -0.4 is 11.1 Å². The maximum Gasteiger partial charge on any atom is 0.255 e. The van der Waals surface area contributed by atoms with Crippen molar-refractivity contribution in [1.82, 2.24) is 15.1 Å². The lowest BCUT2D eigenvalue weighted by atomic mass is 9.73. The highest BCUT2D eigenvalue weighted by Crippen LogP contribution is 2.33. The first-order chi connectivity index (χ1) is 9.52. The molecule has 20 heavy (non-hydrogen) atoms. The second-order valence-electron chi connectivity index (χ2n) is 5.98. The monoisotopic (exact) mass is 278 g/mol. The largest absolute Gasteiger partial charge is 0.345 e. The topological polar surface area (TPSA) is 72.9 Å². The van der Waals surface area contributed by atoms with Crippen LogP contribution in [0.15, 0.2) is 6.20 Å². The van der Waals surface area contributed by atoms with E-state index in [1.165, 1.54) is 6.42 Å². The minimum atomic E-state index is -0.254. The predicted octanol–water partition coefficient (Wildman–Crippen LogP) is 1.62. The molecule has 0 bridgehead atoms. The lowest BCUT2D eigenvalue weighted by molar-refractivity contribution is 0.0812. The first-order valence-corrected chi connectivity index (χ1v) is 7.57. The highest BCUT2D eigenvalue weighted by Gasteiger charge is 2.38. The van der Waals surface area contributed by atoms with Gasteiger partial charge in [-0.05, 0) is 25.2 Å². The number of aryl methyl sites for hydroxylation is 2. The van der Waals surface area contributed by atoms with Gasteiger partial charge in [0.25, 0.3) is 5.91 Å². The van der Waals surface area contributed by atoms with Crippen molar-refractivity contribution in [2.75, 3.05) is 6.54 Å². The summed E-state index contributed by atoms with van der Waals surface area (Å²) in [5.41, 5.74) is 7.27. The van der Waals surface area contributed by atoms with Gasteiger partial charge in [0, 0.05) is 19.8 Å². The fraction of sp³-hybridized carbons (Fsp3) is 0.733. The van der Waals surface area contributed by atoms with Gasteiger partial charge in [-0.3, -0.25) is 9.48 Å². The van der Waals surface area contributed by atoms with Crippen LogP contribution in [0.4, 0.5) is 0 Å². The van der Waals surface area contributed by atoms with Crippen molar-refractivity contribution in [1.29, 1.82) is 0 Å². The summed E-state index contributed by atoms with van der Waals surface area (Å²) in [5, 5.41) is 7.55. The summed E-state index contributed by atoms with van der Waals surface area (Å²) in [4.78, 5) is 12.6. The Hall–Kier alpha value is -1.36. The molecule has 1 heterocycles. The minimum Gasteiger partial charge on any atom is -0.345 e. The van der Waals surface area contributed by atoms with E-state index in [0.29, 0.717) is 18.0 Å². The lowest BCUT2D eigenvalue weighted by Gasteiger charge is -2.42. The van der Waals surface area contributed by atoms with Crippen LogP contribution in [-0.4, -0.2) is 27.8 Å². The highest BCUT2D eigenvalue weighted by atomic mass is 16.1. The highest BCUT2D eigenvalue weighted by molar-refractivity contribution is 5.95. The van der Waals surface area contributed by atoms with Gasteiger partial charge >= 0.3 is 0 Å². The third kappa shape index (κ3) is 2.73. The van der Waals surface area contributed by atoms with Crippen molar-refractivity contribution < 1.29 is 4.79 Å². The summed E-state index contributed by atoms with van der Waals surface area (Å²) in [6.45, 7) is 4.71. The van der Waals surface area contributed by atoms with Crippen LogP contribution in [0.2, 0.25) is 0 Å². The quantitative estimate of drug-likeness (QED) is 0.879. The van der Waals surface area contributed by atoms with Crippen LogP contribution in [0.3, 0.4) is 0 Å². The van der Waals surface area contributed by atoms with E-state index in [9.17, 15) is 4.79 Å². The van der Waals surface area contributed by atoms with Gasteiger partial charge in [-0.15, -0.1) is 0 Å². The number of hydrogen-bond donors (Lipinski definition) is 2. The molecule has 0 saturated heterocycles. The van der Waals surface area contributed by atoms with E-state index < -0.39 is 0 Å². The first-order valence-electron chi connectivity index (χ1n) is 7.57. The molecular weight excluding hydrogens is 252 g/mol. The van der Waals surface area contributed by atoms with Gasteiger partial charge in [-0.1, -0.05) is 26.7 Å². The smallest absolute Gasteiger partial charge is 0.255 e. The third-order valence-corrected chi connectivity index (χ3v) is 4.66. The minimum absolute atomic E-state index is 0.0332. The predicted molar refractivity (Wildman–Crippen MR) is 79.5 cm³/mol. The number of nitrogens with one attached hydrogen (secondary N) is 1. The molecule has 2 rings (SSSR count). The normalized spacial score (nSPS) is 26.5. The number of nitrogens with zero attached hydrogens (tertiary/aromatic N) is 2. The van der Waals surface area contributed by atoms with Gasteiger partial charge in [0.15, 0.2) is 0 Å². The molecule has 1 aliphatic carbocycles. The molecule has 2 atom stereocenters. The Morgan fingerprint density at radius 1 is 1.60 bits per heavy atom. The molecule has 3 N–H and O–H groups in total. The molecule has 1 fully saturated rings. The van der Waals surface area contributed by atoms with Crippen molar-refractivity contribution in [2.45, 2.75) is 51.5 Å². The Morgan fingerprint density at radius 2 is 2.35 bits per heavy atom. The van der Waals surface area contributed by atoms with Gasteiger partial charge in [-0.25, -0.2) is 0 Å². The van der Waals surface area contributed by atoms with E-state index in [0.717, 1.165) is 31.4 Å². The maximum absolute atomic E-state index is 12.6. The average Bonchev–Trinajstić information content (AvgIpc) is 2.83. The first kappa shape index (κ1) is 15.0. The number of amides is 1. The second kappa shape index (κ2) is 5.95. The van der Waals surface area contributed by atoms with E-state index in [1.807, 2.05) is 14.0 Å². The molecule has 1 saturated carbocycles. The molecular formula is C15H26N4O. The Balaban J connectivity index is 2.20. The van der Waals surface area contributed by atoms with Gasteiger partial charge < -0.3 is 11.1 Å². The van der Waals surface area contributed by atoms with Crippen molar-refractivity contribution in [2.24, 2.45) is 18.7 Å². The summed E-state index contributed by atoms with van der Waals surface area (Å²) in [6, 6.07) is 0. The molecule has 0 aliphatic heterocycles. The van der Waals surface area contributed by atoms with Crippen molar-refractivity contribution in [3.8, 4) is 0 Å². The lowest BCUT2D eigenvalue weighted by Crippen LogP contribution is -2.59. The molecule has 112 valence electrons. The van der Waals surface area contributed by atoms with Crippen molar-refractivity contribution in [3.05, 3.63) is 17.5 Å². The summed E-state index contributed by atoms with van der Waals surface area (Å²) in [7, 11) is 1.85. The van der Waals surface area contributed by atoms with E-state index in [-0.39, 0.29) is 11.4 Å². The maximum atomic E-state index is 12.6. The zero-order valence-corrected chi connectivity index (χ0v) is 12.8. The number of rotatable bonds is 4. The molecule has 1 aromatic rings. The van der Waals surface area contributed by atoms with Gasteiger partial charge in [0.2, 0.25) is 0 Å². The summed E-state index contributed by atoms with van der Waals surface area (Å²) < 4.78 is 1.70. The number of hydrogen-bond acceptors (Lipinski definition) is 3. The zero-order chi connectivity index (χ0) is 14.8. The Labute approximate surface area is 120 Å². The molecule has 2 unspecified atom stereocenters. The molecule has 0 spiro atoms. The van der Waals surface area contributed by atoms with E-state index in [4.69, 9.17) is 5.73 Å². The van der Waals surface area contributed by atoms with E-state index in [1.54, 1.807) is 10.9 Å². The van der Waals surface area contributed by atoms with Crippen LogP contribution in [-0.2, 0) is 13.5 Å². The fourth-order valence-electron chi connectivity index (χ4n) is 3.23. The van der Waals surface area contributed by atoms with Gasteiger partial charge in [-0.2, -0.15) is 5.10 Å². The Kier molecular flexibility index (Phi) is 4.48. The van der Waals surface area contributed by atoms with Crippen LogP contribution in [0.1, 0.15) is 55.6 Å². The Bertz CT molecular complexity index is 482. The van der Waals surface area contributed by atoms with Crippen LogP contribution in [0.25, 0.3) is 0 Å². The number of carbonyl (C=O) groups excluding carboxylic acids is 1. The molecule has 1 amide bonds. The van der Waals surface area contributed by atoms with E-state index in [2.05, 4.69) is 17.3 Å². The number of carbonyl (C=O) groups is 1. The van der Waals surface area contributed by atoms with Crippen LogP contribution in [0.5, 0.6) is 0 Å². The molecule has 1 aromatic heterocycles. The third-order valence-electron chi connectivity index (χ3n) is 4.66. The van der Waals surface area contributed by atoms with Gasteiger partial charge in [0.05, 0.1) is 16.8 Å². The van der Waals surface area contributed by atoms with Crippen LogP contribution in [0, 0.1) is 5.92 Å². The van der Waals surface area contributed by atoms with Crippen LogP contribution >= 0.6 is 0 Å². The second-order valence-corrected chi connectivity index (χ2v) is 5.98. The fourth-order valence-corrected chi connectivity index (χ4v) is 3.23. The number of nitrogens with two attached hydrogens (primary N) is 1. The Morgan fingerprint density at radius 3 is 2.95 bits per heavy atom. The van der Waals surface area contributed by atoms with Crippen molar-refractivity contribution >= 4 is 5.91 Å². The molecule has 1 aliphatic rings. The summed E-state index contributed by atoms with van der Waals surface area (Å²) in [6.07, 6.45) is 7.02. The molecule has 5 nitrogen and oxygen atoms in total. The zero-order valence-electron chi connectivity index (χ0n) is 12.8.